The molecule has 0 spiro atoms. The number of carbonyl (C=O) groups is 1. The summed E-state index contributed by atoms with van der Waals surface area (Å²) >= 11 is 7.30. The molecule has 0 radical (unpaired) electrons. The third-order valence-electron chi connectivity index (χ3n) is 3.57. The number of nitrogens with zero attached hydrogens (tertiary/aromatic N) is 1. The minimum Gasteiger partial charge on any atom is -0.298 e. The molecule has 0 saturated heterocycles. The number of amides is 1. The summed E-state index contributed by atoms with van der Waals surface area (Å²) < 4.78 is 39.1. The molecule has 0 saturated carbocycles. The highest BCUT2D eigenvalue weighted by Gasteiger charge is 2.34. The second-order valence-electron chi connectivity index (χ2n) is 5.40. The van der Waals surface area contributed by atoms with Crippen LogP contribution < -0.4 is 5.32 Å². The highest BCUT2D eigenvalue weighted by atomic mass is 35.5. The van der Waals surface area contributed by atoms with Crippen LogP contribution in [0.25, 0.3) is 0 Å². The molecule has 8 heteroatoms. The quantitative estimate of drug-likeness (QED) is 0.618. The zero-order valence-corrected chi connectivity index (χ0v) is 14.8. The molecule has 1 heterocycles. The first-order valence-corrected chi connectivity index (χ1v) is 8.70. The van der Waals surface area contributed by atoms with Gasteiger partial charge in [-0.1, -0.05) is 41.9 Å². The molecule has 0 fully saturated rings. The molecule has 1 aromatic heterocycles. The number of nitrogens with one attached hydrogen (secondary N) is 1. The Bertz CT molecular complexity index is 940. The zero-order chi connectivity index (χ0) is 18.7. The van der Waals surface area contributed by atoms with E-state index in [0.29, 0.717) is 11.4 Å². The molecule has 134 valence electrons. The van der Waals surface area contributed by atoms with Gasteiger partial charge in [0.15, 0.2) is 5.13 Å². The van der Waals surface area contributed by atoms with Gasteiger partial charge in [-0.3, -0.25) is 10.1 Å². The van der Waals surface area contributed by atoms with E-state index < -0.39 is 23.2 Å². The summed E-state index contributed by atoms with van der Waals surface area (Å²) in [5.74, 6) is -0.850. The number of anilines is 1. The maximum Gasteiger partial charge on any atom is 0.417 e. The maximum atomic E-state index is 13.0. The van der Waals surface area contributed by atoms with Gasteiger partial charge in [-0.15, -0.1) is 11.3 Å². The van der Waals surface area contributed by atoms with Gasteiger partial charge in [-0.05, 0) is 23.8 Å². The Balaban J connectivity index is 1.76. The average Bonchev–Trinajstić information content (AvgIpc) is 3.03. The van der Waals surface area contributed by atoms with E-state index in [4.69, 9.17) is 11.6 Å². The average molecular weight is 397 g/mol. The lowest BCUT2D eigenvalue weighted by molar-refractivity contribution is -0.137. The van der Waals surface area contributed by atoms with Gasteiger partial charge >= 0.3 is 6.18 Å². The molecule has 0 aliphatic carbocycles. The fraction of sp³-hybridized carbons (Fsp3) is 0.111. The maximum absolute atomic E-state index is 13.0. The molecule has 1 amide bonds. The van der Waals surface area contributed by atoms with Crippen LogP contribution in [0.4, 0.5) is 18.3 Å². The van der Waals surface area contributed by atoms with Gasteiger partial charge in [-0.2, -0.15) is 13.2 Å². The van der Waals surface area contributed by atoms with Crippen molar-refractivity contribution < 1.29 is 18.0 Å². The van der Waals surface area contributed by atoms with Gasteiger partial charge in [0.1, 0.15) is 0 Å². The highest BCUT2D eigenvalue weighted by molar-refractivity contribution is 7.15. The zero-order valence-electron chi connectivity index (χ0n) is 13.2. The molecule has 0 unspecified atom stereocenters. The minimum atomic E-state index is -4.61. The summed E-state index contributed by atoms with van der Waals surface area (Å²) in [7, 11) is 0. The molecule has 0 aliphatic heterocycles. The smallest absolute Gasteiger partial charge is 0.298 e. The Labute approximate surface area is 156 Å². The molecule has 3 aromatic rings. The van der Waals surface area contributed by atoms with Crippen molar-refractivity contribution in [2.75, 3.05) is 5.32 Å². The molecule has 0 atom stereocenters. The number of hydrogen-bond donors (Lipinski definition) is 1. The monoisotopic (exact) mass is 396 g/mol. The van der Waals surface area contributed by atoms with Crippen molar-refractivity contribution in [2.45, 2.75) is 12.6 Å². The number of aromatic nitrogens is 1. The molecule has 3 nitrogen and oxygen atoms in total. The predicted octanol–water partition coefficient (Wildman–Crippen LogP) is 5.66. The predicted molar refractivity (Wildman–Crippen MR) is 95.8 cm³/mol. The summed E-state index contributed by atoms with van der Waals surface area (Å²) in [6.45, 7) is 0. The molecule has 0 bridgehead atoms. The Kier molecular flexibility index (Phi) is 5.29. The van der Waals surface area contributed by atoms with Crippen LogP contribution in [0, 0.1) is 0 Å². The van der Waals surface area contributed by atoms with Crippen LogP contribution in [-0.4, -0.2) is 10.9 Å². The Morgan fingerprint density at radius 2 is 1.81 bits per heavy atom. The fourth-order valence-corrected chi connectivity index (χ4v) is 3.40. The van der Waals surface area contributed by atoms with Gasteiger partial charge in [0.05, 0.1) is 11.1 Å². The second kappa shape index (κ2) is 7.47. The molecular weight excluding hydrogens is 385 g/mol. The number of rotatable bonds is 4. The van der Waals surface area contributed by atoms with E-state index in [2.05, 4.69) is 10.3 Å². The van der Waals surface area contributed by atoms with Crippen LogP contribution >= 0.6 is 22.9 Å². The van der Waals surface area contributed by atoms with Crippen LogP contribution in [0.3, 0.4) is 0 Å². The first-order chi connectivity index (χ1) is 12.3. The van der Waals surface area contributed by atoms with Crippen molar-refractivity contribution in [2.24, 2.45) is 0 Å². The number of halogens is 4. The molecular formula is C18H12ClF3N2OS. The summed E-state index contributed by atoms with van der Waals surface area (Å²) in [5, 5.41) is 3.27. The van der Waals surface area contributed by atoms with E-state index in [-0.39, 0.29) is 5.13 Å². The van der Waals surface area contributed by atoms with Crippen molar-refractivity contribution in [1.82, 2.24) is 4.98 Å². The summed E-state index contributed by atoms with van der Waals surface area (Å²) in [6, 6.07) is 12.0. The SMILES string of the molecule is O=C(Nc1ncc(Cc2ccccc2Cl)s1)c1ccccc1C(F)(F)F. The summed E-state index contributed by atoms with van der Waals surface area (Å²) in [5.41, 5.74) is -0.522. The van der Waals surface area contributed by atoms with Gasteiger partial charge in [0.2, 0.25) is 0 Å². The van der Waals surface area contributed by atoms with Crippen molar-refractivity contribution in [3.05, 3.63) is 81.3 Å². The molecule has 1 N–H and O–H groups in total. The van der Waals surface area contributed by atoms with Crippen LogP contribution in [0.15, 0.2) is 54.7 Å². The number of carbonyl (C=O) groups excluding carboxylic acids is 1. The first-order valence-electron chi connectivity index (χ1n) is 7.50. The number of alkyl halides is 3. The topological polar surface area (TPSA) is 42.0 Å². The van der Waals surface area contributed by atoms with Gasteiger partial charge < -0.3 is 0 Å². The Morgan fingerprint density at radius 1 is 1.12 bits per heavy atom. The van der Waals surface area contributed by atoms with E-state index in [0.717, 1.165) is 22.6 Å². The van der Waals surface area contributed by atoms with Gasteiger partial charge in [0, 0.05) is 22.5 Å². The van der Waals surface area contributed by atoms with E-state index in [1.165, 1.54) is 23.5 Å². The van der Waals surface area contributed by atoms with Crippen molar-refractivity contribution in [1.29, 1.82) is 0 Å². The van der Waals surface area contributed by atoms with Crippen molar-refractivity contribution in [3.8, 4) is 0 Å². The lowest BCUT2D eigenvalue weighted by atomic mass is 10.1. The normalized spacial score (nSPS) is 11.4. The van der Waals surface area contributed by atoms with Crippen molar-refractivity contribution >= 4 is 34.0 Å². The van der Waals surface area contributed by atoms with Gasteiger partial charge in [-0.25, -0.2) is 4.98 Å². The summed E-state index contributed by atoms with van der Waals surface area (Å²) in [4.78, 5) is 17.1. The Morgan fingerprint density at radius 3 is 2.54 bits per heavy atom. The molecule has 3 rings (SSSR count). The second-order valence-corrected chi connectivity index (χ2v) is 6.92. The lowest BCUT2D eigenvalue weighted by Gasteiger charge is -2.11. The van der Waals surface area contributed by atoms with Crippen LogP contribution in [0.1, 0.15) is 26.4 Å². The lowest BCUT2D eigenvalue weighted by Crippen LogP contribution is -2.18. The van der Waals surface area contributed by atoms with E-state index >= 15 is 0 Å². The van der Waals surface area contributed by atoms with Crippen LogP contribution in [-0.2, 0) is 12.6 Å². The first kappa shape index (κ1) is 18.4. The molecule has 26 heavy (non-hydrogen) atoms. The number of hydrogen-bond acceptors (Lipinski definition) is 3. The third kappa shape index (κ3) is 4.23. The van der Waals surface area contributed by atoms with E-state index in [1.54, 1.807) is 12.3 Å². The summed E-state index contributed by atoms with van der Waals surface area (Å²) in [6.07, 6.45) is -2.52. The van der Waals surface area contributed by atoms with Gasteiger partial charge in [0.25, 0.3) is 5.91 Å². The Hall–Kier alpha value is -2.38. The molecule has 0 aliphatic rings. The van der Waals surface area contributed by atoms with Crippen molar-refractivity contribution in [3.63, 3.8) is 0 Å². The third-order valence-corrected chi connectivity index (χ3v) is 4.86. The minimum absolute atomic E-state index is 0.231. The van der Waals surface area contributed by atoms with Crippen LogP contribution in [0.2, 0.25) is 5.02 Å². The standard InChI is InChI=1S/C18H12ClF3N2OS/c19-15-8-4-1-5-11(15)9-12-10-23-17(26-12)24-16(25)13-6-2-3-7-14(13)18(20,21)22/h1-8,10H,9H2,(H,23,24,25). The van der Waals surface area contributed by atoms with Crippen LogP contribution in [0.5, 0.6) is 0 Å². The largest absolute Gasteiger partial charge is 0.417 e. The highest BCUT2D eigenvalue weighted by Crippen LogP contribution is 2.32. The molecule has 2 aromatic carbocycles. The van der Waals surface area contributed by atoms with E-state index in [1.807, 2.05) is 18.2 Å². The number of thiazole rings is 1. The fourth-order valence-electron chi connectivity index (χ4n) is 2.37. The number of benzene rings is 2. The van der Waals surface area contributed by atoms with E-state index in [9.17, 15) is 18.0 Å².